The Balaban J connectivity index is 1.79. The van der Waals surface area contributed by atoms with Crippen LogP contribution in [0.15, 0.2) is 17.9 Å². The number of rotatable bonds is 3. The van der Waals surface area contributed by atoms with Crippen LogP contribution in [0.1, 0.15) is 34.2 Å². The van der Waals surface area contributed by atoms with Gasteiger partial charge in [-0.1, -0.05) is 6.92 Å². The predicted octanol–water partition coefficient (Wildman–Crippen LogP) is 1.56. The summed E-state index contributed by atoms with van der Waals surface area (Å²) >= 11 is 1.44. The lowest BCUT2D eigenvalue weighted by Gasteiger charge is -2.38. The smallest absolute Gasteiger partial charge is 0.265 e. The molecule has 21 heavy (non-hydrogen) atoms. The summed E-state index contributed by atoms with van der Waals surface area (Å²) in [7, 11) is 2.07. The number of hydrogen-bond acceptors (Lipinski definition) is 5. The van der Waals surface area contributed by atoms with E-state index < -0.39 is 0 Å². The third-order valence-corrected chi connectivity index (χ3v) is 4.80. The molecule has 3 heterocycles. The fraction of sp³-hybridized carbons (Fsp3) is 0.500. The van der Waals surface area contributed by atoms with Crippen molar-refractivity contribution in [1.29, 1.82) is 0 Å². The first kappa shape index (κ1) is 14.2. The van der Waals surface area contributed by atoms with Crippen LogP contribution < -0.4 is 0 Å². The van der Waals surface area contributed by atoms with Crippen molar-refractivity contribution < 1.29 is 4.79 Å². The summed E-state index contributed by atoms with van der Waals surface area (Å²) in [5.41, 5.74) is 2.66. The van der Waals surface area contributed by atoms with Crippen LogP contribution in [-0.4, -0.2) is 57.3 Å². The van der Waals surface area contributed by atoms with E-state index in [-0.39, 0.29) is 11.9 Å². The van der Waals surface area contributed by atoms with Crippen molar-refractivity contribution in [2.45, 2.75) is 19.4 Å². The Bertz CT molecular complexity index is 609. The number of thiazole rings is 1. The summed E-state index contributed by atoms with van der Waals surface area (Å²) in [5, 5.41) is 0. The third kappa shape index (κ3) is 2.71. The minimum Gasteiger partial charge on any atom is -0.347 e. The van der Waals surface area contributed by atoms with Crippen molar-refractivity contribution in [3.8, 4) is 0 Å². The number of nitrogens with zero attached hydrogens (tertiary/aromatic N) is 4. The molecular weight excluding hydrogens is 286 g/mol. The number of aromatic nitrogens is 3. The summed E-state index contributed by atoms with van der Waals surface area (Å²) < 4.78 is 0. The van der Waals surface area contributed by atoms with Gasteiger partial charge in [0.2, 0.25) is 0 Å². The van der Waals surface area contributed by atoms with Crippen LogP contribution in [0.5, 0.6) is 0 Å². The zero-order chi connectivity index (χ0) is 14.8. The summed E-state index contributed by atoms with van der Waals surface area (Å²) in [4.78, 5) is 29.4. The Morgan fingerprint density at radius 1 is 1.48 bits per heavy atom. The normalized spacial score (nSPS) is 19.9. The average Bonchev–Trinajstić information content (AvgIpc) is 3.18. The minimum atomic E-state index is 0.0963. The van der Waals surface area contributed by atoms with Crippen molar-refractivity contribution in [1.82, 2.24) is 24.8 Å². The molecule has 3 rings (SSSR count). The zero-order valence-electron chi connectivity index (χ0n) is 12.2. The maximum atomic E-state index is 12.7. The molecule has 112 valence electrons. The molecule has 0 bridgehead atoms. The van der Waals surface area contributed by atoms with Gasteiger partial charge in [-0.3, -0.25) is 9.69 Å². The highest BCUT2D eigenvalue weighted by molar-refractivity contribution is 7.11. The number of carbonyl (C=O) groups is 1. The molecule has 0 unspecified atom stereocenters. The molecule has 1 aliphatic rings. The van der Waals surface area contributed by atoms with Gasteiger partial charge in [-0.05, 0) is 13.5 Å². The topological polar surface area (TPSA) is 65.1 Å². The van der Waals surface area contributed by atoms with Crippen LogP contribution in [0, 0.1) is 0 Å². The van der Waals surface area contributed by atoms with Crippen LogP contribution in [0.2, 0.25) is 0 Å². The predicted molar refractivity (Wildman–Crippen MR) is 81.4 cm³/mol. The Labute approximate surface area is 127 Å². The second-order valence-electron chi connectivity index (χ2n) is 5.20. The fourth-order valence-electron chi connectivity index (χ4n) is 2.65. The second kappa shape index (κ2) is 5.95. The van der Waals surface area contributed by atoms with Crippen molar-refractivity contribution in [2.24, 2.45) is 0 Å². The molecule has 0 spiro atoms. The van der Waals surface area contributed by atoms with Gasteiger partial charge in [0.05, 0.1) is 17.2 Å². The number of hydrogen-bond donors (Lipinski definition) is 1. The standard InChI is InChI=1S/C14H19N5OS/c1-3-10-12(21-9-17-10)14(20)19-7-6-18(2)11(8-19)13-15-4-5-16-13/h4-5,9,11H,3,6-8H2,1-2H3,(H,15,16)/t11-/m1/s1. The van der Waals surface area contributed by atoms with E-state index >= 15 is 0 Å². The fourth-order valence-corrected chi connectivity index (χ4v) is 3.50. The van der Waals surface area contributed by atoms with Gasteiger partial charge in [0.15, 0.2) is 0 Å². The number of carbonyl (C=O) groups excluding carboxylic acids is 1. The molecule has 1 saturated heterocycles. The SMILES string of the molecule is CCc1ncsc1C(=O)N1CCN(C)[C@@H](c2ncc[nH]2)C1. The molecule has 0 radical (unpaired) electrons. The minimum absolute atomic E-state index is 0.0963. The first-order valence-corrected chi connectivity index (χ1v) is 7.99. The van der Waals surface area contributed by atoms with Crippen LogP contribution in [0.25, 0.3) is 0 Å². The van der Waals surface area contributed by atoms with Crippen molar-refractivity contribution >= 4 is 17.2 Å². The molecule has 0 aliphatic carbocycles. The van der Waals surface area contributed by atoms with Crippen molar-refractivity contribution in [2.75, 3.05) is 26.7 Å². The Kier molecular flexibility index (Phi) is 4.03. The molecule has 1 amide bonds. The molecule has 1 aliphatic heterocycles. The molecule has 2 aromatic rings. The number of piperazine rings is 1. The largest absolute Gasteiger partial charge is 0.347 e. The van der Waals surface area contributed by atoms with Crippen molar-refractivity contribution in [3.05, 3.63) is 34.3 Å². The molecular formula is C14H19N5OS. The number of nitrogens with one attached hydrogen (secondary N) is 1. The van der Waals surface area contributed by atoms with E-state index in [0.29, 0.717) is 6.54 Å². The molecule has 1 fully saturated rings. The lowest BCUT2D eigenvalue weighted by atomic mass is 10.1. The Morgan fingerprint density at radius 3 is 3.05 bits per heavy atom. The number of aryl methyl sites for hydroxylation is 1. The monoisotopic (exact) mass is 305 g/mol. The van der Waals surface area contributed by atoms with Gasteiger partial charge in [-0.2, -0.15) is 0 Å². The van der Waals surface area contributed by atoms with Crippen LogP contribution in [-0.2, 0) is 6.42 Å². The number of likely N-dealkylation sites (N-methyl/N-ethyl adjacent to an activating group) is 1. The summed E-state index contributed by atoms with van der Waals surface area (Å²) in [6, 6.07) is 0.121. The van der Waals surface area contributed by atoms with E-state index in [0.717, 1.165) is 35.9 Å². The van der Waals surface area contributed by atoms with E-state index in [1.165, 1.54) is 11.3 Å². The highest BCUT2D eigenvalue weighted by Crippen LogP contribution is 2.24. The van der Waals surface area contributed by atoms with Gasteiger partial charge in [-0.15, -0.1) is 11.3 Å². The first-order valence-electron chi connectivity index (χ1n) is 7.11. The van der Waals surface area contributed by atoms with Crippen LogP contribution in [0.4, 0.5) is 0 Å². The second-order valence-corrected chi connectivity index (χ2v) is 6.06. The number of aromatic amines is 1. The number of H-pyrrole nitrogens is 1. The Morgan fingerprint density at radius 2 is 2.33 bits per heavy atom. The van der Waals surface area contributed by atoms with Gasteiger partial charge in [0.25, 0.3) is 5.91 Å². The molecule has 2 aromatic heterocycles. The van der Waals surface area contributed by atoms with Gasteiger partial charge in [-0.25, -0.2) is 9.97 Å². The lowest BCUT2D eigenvalue weighted by molar-refractivity contribution is 0.0538. The van der Waals surface area contributed by atoms with E-state index in [9.17, 15) is 4.79 Å². The molecule has 6 nitrogen and oxygen atoms in total. The molecule has 1 atom stereocenters. The summed E-state index contributed by atoms with van der Waals surface area (Å²) in [6.07, 6.45) is 4.37. The lowest BCUT2D eigenvalue weighted by Crippen LogP contribution is -2.49. The van der Waals surface area contributed by atoms with Gasteiger partial charge >= 0.3 is 0 Å². The van der Waals surface area contributed by atoms with E-state index in [1.54, 1.807) is 11.7 Å². The average molecular weight is 305 g/mol. The van der Waals surface area contributed by atoms with Gasteiger partial charge in [0, 0.05) is 32.0 Å². The molecule has 1 N–H and O–H groups in total. The third-order valence-electron chi connectivity index (χ3n) is 3.94. The maximum Gasteiger partial charge on any atom is 0.265 e. The Hall–Kier alpha value is -1.73. The highest BCUT2D eigenvalue weighted by atomic mass is 32.1. The van der Waals surface area contributed by atoms with Gasteiger partial charge in [0.1, 0.15) is 10.7 Å². The zero-order valence-corrected chi connectivity index (χ0v) is 13.1. The number of amides is 1. The quantitative estimate of drug-likeness (QED) is 0.934. The maximum absolute atomic E-state index is 12.7. The highest BCUT2D eigenvalue weighted by Gasteiger charge is 2.31. The number of imidazole rings is 1. The van der Waals surface area contributed by atoms with Crippen LogP contribution >= 0.6 is 11.3 Å². The summed E-state index contributed by atoms with van der Waals surface area (Å²) in [6.45, 7) is 4.27. The van der Waals surface area contributed by atoms with E-state index in [1.807, 2.05) is 18.0 Å². The van der Waals surface area contributed by atoms with Crippen molar-refractivity contribution in [3.63, 3.8) is 0 Å². The summed E-state index contributed by atoms with van der Waals surface area (Å²) in [5.74, 6) is 1.01. The molecule has 7 heteroatoms. The molecule has 0 saturated carbocycles. The van der Waals surface area contributed by atoms with E-state index in [4.69, 9.17) is 0 Å². The molecule has 0 aromatic carbocycles. The first-order chi connectivity index (χ1) is 10.2. The van der Waals surface area contributed by atoms with E-state index in [2.05, 4.69) is 26.9 Å². The van der Waals surface area contributed by atoms with Crippen LogP contribution in [0.3, 0.4) is 0 Å². The van der Waals surface area contributed by atoms with Gasteiger partial charge < -0.3 is 9.88 Å².